The minimum atomic E-state index is 0.198. The SMILES string of the molecule is C=CC.COCCNCCO. The van der Waals surface area contributed by atoms with E-state index in [2.05, 4.69) is 11.9 Å². The number of aliphatic hydroxyl groups excluding tert-OH is 1. The van der Waals surface area contributed by atoms with Crippen molar-refractivity contribution in [2.45, 2.75) is 6.92 Å². The van der Waals surface area contributed by atoms with Gasteiger partial charge in [-0.1, -0.05) is 6.08 Å². The van der Waals surface area contributed by atoms with Gasteiger partial charge in [0, 0.05) is 20.2 Å². The molecule has 0 spiro atoms. The zero-order valence-electron chi connectivity index (χ0n) is 7.47. The molecular formula is C8H19NO2. The largest absolute Gasteiger partial charge is 0.395 e. The van der Waals surface area contributed by atoms with E-state index in [1.165, 1.54) is 0 Å². The molecule has 2 N–H and O–H groups in total. The van der Waals surface area contributed by atoms with Gasteiger partial charge in [0.2, 0.25) is 0 Å². The van der Waals surface area contributed by atoms with Crippen molar-refractivity contribution in [2.75, 3.05) is 33.4 Å². The minimum absolute atomic E-state index is 0.198. The average Bonchev–Trinajstić information content (AvgIpc) is 2.00. The molecule has 0 aliphatic rings. The van der Waals surface area contributed by atoms with Crippen LogP contribution in [0.1, 0.15) is 6.92 Å². The van der Waals surface area contributed by atoms with Crippen LogP contribution in [0, 0.1) is 0 Å². The molecule has 0 unspecified atom stereocenters. The Labute approximate surface area is 69.1 Å². The monoisotopic (exact) mass is 161 g/mol. The van der Waals surface area contributed by atoms with Crippen LogP contribution in [0.3, 0.4) is 0 Å². The predicted octanol–water partition coefficient (Wildman–Crippen LogP) is 0.407. The van der Waals surface area contributed by atoms with E-state index in [4.69, 9.17) is 9.84 Å². The Morgan fingerprint density at radius 1 is 1.55 bits per heavy atom. The standard InChI is InChI=1S/C5H13NO2.C3H6/c1-8-5-3-6-2-4-7;1-3-2/h6-7H,2-5H2,1H3;3H,1H2,2H3. The van der Waals surface area contributed by atoms with Crippen LogP contribution in [0.15, 0.2) is 12.7 Å². The quantitative estimate of drug-likeness (QED) is 0.453. The fraction of sp³-hybridized carbons (Fsp3) is 0.750. The molecule has 0 aromatic rings. The first kappa shape index (κ1) is 13.2. The Balaban J connectivity index is 0. The maximum absolute atomic E-state index is 8.26. The lowest BCUT2D eigenvalue weighted by Crippen LogP contribution is -2.22. The topological polar surface area (TPSA) is 41.5 Å². The number of methoxy groups -OCH3 is 1. The Kier molecular flexibility index (Phi) is 19.6. The number of aliphatic hydroxyl groups is 1. The molecule has 3 nitrogen and oxygen atoms in total. The van der Waals surface area contributed by atoms with Gasteiger partial charge in [0.25, 0.3) is 0 Å². The minimum Gasteiger partial charge on any atom is -0.395 e. The summed E-state index contributed by atoms with van der Waals surface area (Å²) in [7, 11) is 1.65. The molecule has 0 aliphatic carbocycles. The summed E-state index contributed by atoms with van der Waals surface area (Å²) >= 11 is 0. The van der Waals surface area contributed by atoms with Gasteiger partial charge >= 0.3 is 0 Å². The highest BCUT2D eigenvalue weighted by Gasteiger charge is 1.81. The predicted molar refractivity (Wildman–Crippen MR) is 47.7 cm³/mol. The molecule has 0 heterocycles. The van der Waals surface area contributed by atoms with E-state index >= 15 is 0 Å². The fourth-order valence-electron chi connectivity index (χ4n) is 0.378. The second kappa shape index (κ2) is 16.3. The van der Waals surface area contributed by atoms with E-state index in [-0.39, 0.29) is 6.61 Å². The number of hydrogen-bond donors (Lipinski definition) is 2. The molecule has 0 atom stereocenters. The zero-order valence-corrected chi connectivity index (χ0v) is 7.47. The highest BCUT2D eigenvalue weighted by atomic mass is 16.5. The smallest absolute Gasteiger partial charge is 0.0587 e. The second-order valence-electron chi connectivity index (χ2n) is 1.87. The summed E-state index contributed by atoms with van der Waals surface area (Å²) in [5, 5.41) is 11.2. The van der Waals surface area contributed by atoms with E-state index in [1.54, 1.807) is 13.2 Å². The summed E-state index contributed by atoms with van der Waals surface area (Å²) in [5.41, 5.74) is 0. The van der Waals surface area contributed by atoms with Crippen molar-refractivity contribution in [3.63, 3.8) is 0 Å². The highest BCUT2D eigenvalue weighted by molar-refractivity contribution is 4.51. The fourth-order valence-corrected chi connectivity index (χ4v) is 0.378. The molecule has 0 radical (unpaired) electrons. The van der Waals surface area contributed by atoms with Crippen LogP contribution in [0.5, 0.6) is 0 Å². The van der Waals surface area contributed by atoms with Crippen molar-refractivity contribution >= 4 is 0 Å². The normalized spacial score (nSPS) is 8.27. The Morgan fingerprint density at radius 3 is 2.45 bits per heavy atom. The molecule has 0 saturated carbocycles. The van der Waals surface area contributed by atoms with Crippen LogP contribution in [0.25, 0.3) is 0 Å². The second-order valence-corrected chi connectivity index (χ2v) is 1.87. The number of allylic oxidation sites excluding steroid dienone is 1. The summed E-state index contributed by atoms with van der Waals surface area (Å²) in [5.74, 6) is 0. The van der Waals surface area contributed by atoms with Gasteiger partial charge in [0.15, 0.2) is 0 Å². The third-order valence-electron chi connectivity index (χ3n) is 0.772. The van der Waals surface area contributed by atoms with Gasteiger partial charge in [-0.15, -0.1) is 6.58 Å². The van der Waals surface area contributed by atoms with Gasteiger partial charge in [0.1, 0.15) is 0 Å². The van der Waals surface area contributed by atoms with Crippen LogP contribution >= 0.6 is 0 Å². The molecule has 68 valence electrons. The van der Waals surface area contributed by atoms with Crippen LogP contribution in [0.2, 0.25) is 0 Å². The number of ether oxygens (including phenoxy) is 1. The maximum atomic E-state index is 8.26. The van der Waals surface area contributed by atoms with E-state index in [0.717, 1.165) is 6.54 Å². The lowest BCUT2D eigenvalue weighted by atomic mass is 10.6. The van der Waals surface area contributed by atoms with E-state index in [1.807, 2.05) is 6.92 Å². The molecule has 3 heteroatoms. The van der Waals surface area contributed by atoms with Gasteiger partial charge in [-0.05, 0) is 6.92 Å². The lowest BCUT2D eigenvalue weighted by Gasteiger charge is -1.98. The van der Waals surface area contributed by atoms with E-state index < -0.39 is 0 Å². The number of hydrogen-bond acceptors (Lipinski definition) is 3. The van der Waals surface area contributed by atoms with Crippen LogP contribution < -0.4 is 5.32 Å². The molecule has 0 rings (SSSR count). The van der Waals surface area contributed by atoms with Crippen LogP contribution in [-0.4, -0.2) is 38.5 Å². The summed E-state index contributed by atoms with van der Waals surface area (Å²) in [6.45, 7) is 7.63. The van der Waals surface area contributed by atoms with Crippen molar-refractivity contribution in [2.24, 2.45) is 0 Å². The van der Waals surface area contributed by atoms with Crippen molar-refractivity contribution in [3.05, 3.63) is 12.7 Å². The molecule has 11 heavy (non-hydrogen) atoms. The first-order chi connectivity index (χ1) is 5.33. The molecule has 0 aromatic heterocycles. The van der Waals surface area contributed by atoms with Gasteiger partial charge in [0.05, 0.1) is 13.2 Å². The molecule has 0 amide bonds. The van der Waals surface area contributed by atoms with Gasteiger partial charge in [-0.3, -0.25) is 0 Å². The Bertz CT molecular complexity index is 61.1. The molecule has 0 aromatic carbocycles. The third kappa shape index (κ3) is 26.2. The van der Waals surface area contributed by atoms with Gasteiger partial charge in [-0.2, -0.15) is 0 Å². The van der Waals surface area contributed by atoms with Gasteiger partial charge in [-0.25, -0.2) is 0 Å². The Hall–Kier alpha value is -0.380. The molecule has 0 fully saturated rings. The number of rotatable bonds is 5. The number of nitrogens with one attached hydrogen (secondary N) is 1. The summed E-state index contributed by atoms with van der Waals surface area (Å²) in [6, 6.07) is 0. The highest BCUT2D eigenvalue weighted by Crippen LogP contribution is 1.62. The summed E-state index contributed by atoms with van der Waals surface area (Å²) in [4.78, 5) is 0. The molecule has 0 aliphatic heterocycles. The molecule has 0 saturated heterocycles. The van der Waals surface area contributed by atoms with E-state index in [9.17, 15) is 0 Å². The van der Waals surface area contributed by atoms with Gasteiger partial charge < -0.3 is 15.2 Å². The average molecular weight is 161 g/mol. The van der Waals surface area contributed by atoms with Crippen LogP contribution in [0.4, 0.5) is 0 Å². The third-order valence-corrected chi connectivity index (χ3v) is 0.772. The van der Waals surface area contributed by atoms with Crippen LogP contribution in [-0.2, 0) is 4.74 Å². The van der Waals surface area contributed by atoms with E-state index in [0.29, 0.717) is 13.2 Å². The van der Waals surface area contributed by atoms with Crippen molar-refractivity contribution in [3.8, 4) is 0 Å². The molecule has 0 bridgehead atoms. The van der Waals surface area contributed by atoms with Crippen molar-refractivity contribution < 1.29 is 9.84 Å². The van der Waals surface area contributed by atoms with Crippen molar-refractivity contribution in [1.82, 2.24) is 5.32 Å². The molecular weight excluding hydrogens is 142 g/mol. The maximum Gasteiger partial charge on any atom is 0.0587 e. The summed E-state index contributed by atoms with van der Waals surface area (Å²) < 4.78 is 4.74. The Morgan fingerprint density at radius 2 is 2.09 bits per heavy atom. The van der Waals surface area contributed by atoms with Crippen molar-refractivity contribution in [1.29, 1.82) is 0 Å². The lowest BCUT2D eigenvalue weighted by molar-refractivity contribution is 0.195. The first-order valence-corrected chi connectivity index (χ1v) is 3.71. The first-order valence-electron chi connectivity index (χ1n) is 3.71. The summed E-state index contributed by atoms with van der Waals surface area (Å²) in [6.07, 6.45) is 1.75. The zero-order chi connectivity index (χ0) is 8.95.